The number of hydrogen-bond donors (Lipinski definition) is 1. The average molecular weight is 307 g/mol. The minimum Gasteiger partial charge on any atom is -0.314 e. The average Bonchev–Trinajstić information content (AvgIpc) is 3.19. The zero-order chi connectivity index (χ0) is 14.9. The summed E-state index contributed by atoms with van der Waals surface area (Å²) in [5.41, 5.74) is 2.68. The summed E-state index contributed by atoms with van der Waals surface area (Å²) in [4.78, 5) is 0. The summed E-state index contributed by atoms with van der Waals surface area (Å²) < 4.78 is 23.6. The van der Waals surface area contributed by atoms with E-state index < -0.39 is 9.84 Å². The lowest BCUT2D eigenvalue weighted by molar-refractivity contribution is 0.342. The van der Waals surface area contributed by atoms with Crippen LogP contribution in [-0.4, -0.2) is 32.5 Å². The normalized spacial score (nSPS) is 25.9. The van der Waals surface area contributed by atoms with Crippen LogP contribution in [0.4, 0.5) is 0 Å². The molecular weight excluding hydrogens is 282 g/mol. The molecule has 1 aromatic rings. The molecule has 0 amide bonds. The van der Waals surface area contributed by atoms with Crippen LogP contribution in [0.3, 0.4) is 0 Å². The Labute approximate surface area is 128 Å². The van der Waals surface area contributed by atoms with E-state index >= 15 is 0 Å². The van der Waals surface area contributed by atoms with Crippen LogP contribution in [0.5, 0.6) is 0 Å². The zero-order valence-electron chi connectivity index (χ0n) is 12.7. The lowest BCUT2D eigenvalue weighted by atomic mass is 9.85. The molecule has 1 saturated heterocycles. The first kappa shape index (κ1) is 15.0. The van der Waals surface area contributed by atoms with Crippen molar-refractivity contribution in [2.45, 2.75) is 38.6 Å². The summed E-state index contributed by atoms with van der Waals surface area (Å²) >= 11 is 0. The Hall–Kier alpha value is -0.870. The molecule has 2 atom stereocenters. The summed E-state index contributed by atoms with van der Waals surface area (Å²) in [6.45, 7) is 3.10. The molecule has 0 radical (unpaired) electrons. The van der Waals surface area contributed by atoms with E-state index in [1.54, 1.807) is 0 Å². The van der Waals surface area contributed by atoms with E-state index in [1.807, 2.05) is 0 Å². The van der Waals surface area contributed by atoms with Crippen molar-refractivity contribution in [1.29, 1.82) is 0 Å². The highest BCUT2D eigenvalue weighted by Gasteiger charge is 2.34. The Balaban J connectivity index is 1.70. The molecule has 3 rings (SSSR count). The molecule has 1 aromatic carbocycles. The predicted molar refractivity (Wildman–Crippen MR) is 86.2 cm³/mol. The first-order chi connectivity index (χ1) is 10.0. The van der Waals surface area contributed by atoms with Gasteiger partial charge in [-0.25, -0.2) is 8.42 Å². The third kappa shape index (κ3) is 4.07. The van der Waals surface area contributed by atoms with Gasteiger partial charge in [0.1, 0.15) is 0 Å². The summed E-state index contributed by atoms with van der Waals surface area (Å²) in [7, 11) is -2.79. The van der Waals surface area contributed by atoms with Crippen molar-refractivity contribution in [2.24, 2.45) is 11.8 Å². The van der Waals surface area contributed by atoms with Crippen molar-refractivity contribution in [1.82, 2.24) is 5.32 Å². The van der Waals surface area contributed by atoms with Crippen molar-refractivity contribution in [3.8, 4) is 0 Å². The molecule has 2 aliphatic rings. The number of rotatable bonds is 6. The van der Waals surface area contributed by atoms with E-state index in [-0.39, 0.29) is 0 Å². The highest BCUT2D eigenvalue weighted by molar-refractivity contribution is 7.91. The maximum atomic E-state index is 11.8. The van der Waals surface area contributed by atoms with Crippen LogP contribution in [0.2, 0.25) is 0 Å². The van der Waals surface area contributed by atoms with Gasteiger partial charge in [-0.1, -0.05) is 24.3 Å². The van der Waals surface area contributed by atoms with Crippen molar-refractivity contribution < 1.29 is 8.42 Å². The first-order valence-electron chi connectivity index (χ1n) is 8.02. The molecule has 0 bridgehead atoms. The lowest BCUT2D eigenvalue weighted by Gasteiger charge is -2.24. The highest BCUT2D eigenvalue weighted by Crippen LogP contribution is 2.30. The van der Waals surface area contributed by atoms with E-state index in [0.717, 1.165) is 19.4 Å². The Kier molecular flexibility index (Phi) is 4.36. The van der Waals surface area contributed by atoms with Gasteiger partial charge in [-0.2, -0.15) is 0 Å². The van der Waals surface area contributed by atoms with Crippen LogP contribution in [0.15, 0.2) is 24.3 Å². The molecule has 2 unspecified atom stereocenters. The lowest BCUT2D eigenvalue weighted by Crippen LogP contribution is -2.32. The van der Waals surface area contributed by atoms with E-state index in [9.17, 15) is 8.42 Å². The molecule has 1 N–H and O–H groups in total. The van der Waals surface area contributed by atoms with Crippen molar-refractivity contribution in [3.05, 3.63) is 35.4 Å². The fraction of sp³-hybridized carbons (Fsp3) is 0.647. The van der Waals surface area contributed by atoms with Gasteiger partial charge >= 0.3 is 0 Å². The van der Waals surface area contributed by atoms with Gasteiger partial charge < -0.3 is 5.32 Å². The van der Waals surface area contributed by atoms with Crippen LogP contribution < -0.4 is 5.32 Å². The molecule has 3 nitrogen and oxygen atoms in total. The molecule has 4 heteroatoms. The van der Waals surface area contributed by atoms with E-state index in [0.29, 0.717) is 29.4 Å². The molecule has 1 aliphatic carbocycles. The third-order valence-corrected chi connectivity index (χ3v) is 6.72. The molecule has 1 heterocycles. The summed E-state index contributed by atoms with van der Waals surface area (Å²) in [6.07, 6.45) is 4.39. The molecule has 1 aliphatic heterocycles. The standard InChI is InChI=1S/C17H25NO2S/c1-13-4-2-3-5-14(13)10-16(11-18-17-6-7-17)15-8-9-21(19,20)12-15/h2-5,15-18H,6-12H2,1H3. The second-order valence-corrected chi connectivity index (χ2v) is 8.97. The minimum absolute atomic E-state index is 0.320. The van der Waals surface area contributed by atoms with Crippen molar-refractivity contribution in [2.75, 3.05) is 18.1 Å². The van der Waals surface area contributed by atoms with Gasteiger partial charge in [0.05, 0.1) is 11.5 Å². The largest absolute Gasteiger partial charge is 0.314 e. The Morgan fingerprint density at radius 2 is 2.00 bits per heavy atom. The van der Waals surface area contributed by atoms with E-state index in [4.69, 9.17) is 0 Å². The molecule has 21 heavy (non-hydrogen) atoms. The minimum atomic E-state index is -2.79. The van der Waals surface area contributed by atoms with Gasteiger partial charge in [-0.15, -0.1) is 0 Å². The van der Waals surface area contributed by atoms with Crippen LogP contribution in [-0.2, 0) is 16.3 Å². The van der Waals surface area contributed by atoms with Gasteiger partial charge in [-0.05, 0) is 62.1 Å². The summed E-state index contributed by atoms with van der Waals surface area (Å²) in [6, 6.07) is 9.16. The second kappa shape index (κ2) is 6.09. The number of nitrogens with one attached hydrogen (secondary N) is 1. The monoisotopic (exact) mass is 307 g/mol. The summed E-state index contributed by atoms with van der Waals surface area (Å²) in [5, 5.41) is 3.61. The third-order valence-electron chi connectivity index (χ3n) is 4.92. The Morgan fingerprint density at radius 3 is 2.62 bits per heavy atom. The van der Waals surface area contributed by atoms with Gasteiger partial charge in [0.15, 0.2) is 9.84 Å². The fourth-order valence-electron chi connectivity index (χ4n) is 3.33. The van der Waals surface area contributed by atoms with Gasteiger partial charge in [0.2, 0.25) is 0 Å². The number of benzene rings is 1. The fourth-order valence-corrected chi connectivity index (χ4v) is 5.25. The Morgan fingerprint density at radius 1 is 1.24 bits per heavy atom. The quantitative estimate of drug-likeness (QED) is 0.877. The molecule has 0 aromatic heterocycles. The summed E-state index contributed by atoms with van der Waals surface area (Å²) in [5.74, 6) is 1.52. The van der Waals surface area contributed by atoms with Gasteiger partial charge in [-0.3, -0.25) is 0 Å². The van der Waals surface area contributed by atoms with Crippen LogP contribution in [0.1, 0.15) is 30.4 Å². The number of hydrogen-bond acceptors (Lipinski definition) is 3. The van der Waals surface area contributed by atoms with Crippen LogP contribution in [0.25, 0.3) is 0 Å². The number of sulfone groups is 1. The predicted octanol–water partition coefficient (Wildman–Crippen LogP) is 2.34. The molecule has 2 fully saturated rings. The maximum absolute atomic E-state index is 11.8. The SMILES string of the molecule is Cc1ccccc1CC(CNC1CC1)C1CCS(=O)(=O)C1. The van der Waals surface area contributed by atoms with E-state index in [2.05, 4.69) is 36.5 Å². The van der Waals surface area contributed by atoms with Gasteiger partial charge in [0.25, 0.3) is 0 Å². The van der Waals surface area contributed by atoms with Crippen molar-refractivity contribution in [3.63, 3.8) is 0 Å². The van der Waals surface area contributed by atoms with Crippen molar-refractivity contribution >= 4 is 9.84 Å². The topological polar surface area (TPSA) is 46.2 Å². The van der Waals surface area contributed by atoms with E-state index in [1.165, 1.54) is 24.0 Å². The number of aryl methyl sites for hydroxylation is 1. The smallest absolute Gasteiger partial charge is 0.150 e. The van der Waals surface area contributed by atoms with Crippen LogP contribution >= 0.6 is 0 Å². The van der Waals surface area contributed by atoms with Gasteiger partial charge in [0, 0.05) is 6.04 Å². The maximum Gasteiger partial charge on any atom is 0.150 e. The Bertz CT molecular complexity index is 593. The second-order valence-electron chi connectivity index (χ2n) is 6.74. The molecule has 0 spiro atoms. The first-order valence-corrected chi connectivity index (χ1v) is 9.84. The zero-order valence-corrected chi connectivity index (χ0v) is 13.5. The van der Waals surface area contributed by atoms with Crippen LogP contribution in [0, 0.1) is 18.8 Å². The highest BCUT2D eigenvalue weighted by atomic mass is 32.2. The molecular formula is C17H25NO2S. The molecule has 1 saturated carbocycles. The molecule has 116 valence electrons.